The molecule has 100 valence electrons. The lowest BCUT2D eigenvalue weighted by Gasteiger charge is -2.08. The number of nitrogens with zero attached hydrogens (tertiary/aromatic N) is 4. The van der Waals surface area contributed by atoms with Crippen LogP contribution in [0, 0.1) is 35.3 Å². The van der Waals surface area contributed by atoms with E-state index in [1.54, 1.807) is 19.9 Å². The molecule has 2 aromatic rings. The van der Waals surface area contributed by atoms with Gasteiger partial charge in [0.2, 0.25) is 5.75 Å². The maximum Gasteiger partial charge on any atom is 0.323 e. The Morgan fingerprint density at radius 3 is 2.80 bits per heavy atom. The van der Waals surface area contributed by atoms with Crippen LogP contribution in [0.1, 0.15) is 16.8 Å². The van der Waals surface area contributed by atoms with Gasteiger partial charge in [-0.2, -0.15) is 10.2 Å². The molecule has 1 heterocycles. The van der Waals surface area contributed by atoms with Gasteiger partial charge in [-0.15, -0.1) is 0 Å². The van der Waals surface area contributed by atoms with E-state index in [1.807, 2.05) is 6.07 Å². The average Bonchev–Trinajstić information content (AvgIpc) is 2.41. The van der Waals surface area contributed by atoms with Crippen LogP contribution in [-0.2, 0) is 0 Å². The Bertz CT molecular complexity index is 722. The van der Waals surface area contributed by atoms with Gasteiger partial charge in [0, 0.05) is 12.3 Å². The van der Waals surface area contributed by atoms with Crippen molar-refractivity contribution in [1.29, 1.82) is 5.26 Å². The molecule has 7 heteroatoms. The zero-order valence-electron chi connectivity index (χ0n) is 10.8. The van der Waals surface area contributed by atoms with E-state index in [0.717, 1.165) is 5.56 Å². The van der Waals surface area contributed by atoms with E-state index in [9.17, 15) is 10.1 Å². The van der Waals surface area contributed by atoms with Crippen molar-refractivity contribution in [2.45, 2.75) is 13.8 Å². The van der Waals surface area contributed by atoms with Gasteiger partial charge >= 0.3 is 11.7 Å². The van der Waals surface area contributed by atoms with E-state index >= 15 is 0 Å². The number of aryl methyl sites for hydroxylation is 2. The van der Waals surface area contributed by atoms with E-state index in [-0.39, 0.29) is 23.1 Å². The van der Waals surface area contributed by atoms with E-state index in [1.165, 1.54) is 18.3 Å². The first-order chi connectivity index (χ1) is 9.51. The summed E-state index contributed by atoms with van der Waals surface area (Å²) in [5, 5.41) is 19.8. The molecule has 0 amide bonds. The Kier molecular flexibility index (Phi) is 3.57. The second kappa shape index (κ2) is 5.32. The molecule has 0 fully saturated rings. The van der Waals surface area contributed by atoms with Gasteiger partial charge in [0.25, 0.3) is 0 Å². The molecule has 1 aromatic carbocycles. The van der Waals surface area contributed by atoms with Crippen LogP contribution in [0.4, 0.5) is 5.69 Å². The van der Waals surface area contributed by atoms with Gasteiger partial charge in [-0.25, -0.2) is 4.98 Å². The Morgan fingerprint density at radius 2 is 2.15 bits per heavy atom. The molecule has 0 aliphatic carbocycles. The second-order valence-corrected chi connectivity index (χ2v) is 4.13. The smallest absolute Gasteiger partial charge is 0.323 e. The molecule has 0 aliphatic heterocycles. The molecule has 0 unspecified atom stereocenters. The van der Waals surface area contributed by atoms with Crippen molar-refractivity contribution in [1.82, 2.24) is 9.97 Å². The fraction of sp³-hybridized carbons (Fsp3) is 0.154. The van der Waals surface area contributed by atoms with Crippen LogP contribution < -0.4 is 4.74 Å². The summed E-state index contributed by atoms with van der Waals surface area (Å²) >= 11 is 0. The number of aromatic nitrogens is 2. The SMILES string of the molecule is Cc1cc(C)c(Oc2nccc(C#N)n2)c([N+](=O)[O-])c1. The van der Waals surface area contributed by atoms with E-state index < -0.39 is 4.92 Å². The topological polar surface area (TPSA) is 102 Å². The Labute approximate surface area is 114 Å². The standard InChI is InChI=1S/C13H10N4O3/c1-8-5-9(2)12(11(6-8)17(18)19)20-13-15-4-3-10(7-14)16-13/h3-6H,1-2H3. The maximum absolute atomic E-state index is 11.1. The molecule has 0 bridgehead atoms. The summed E-state index contributed by atoms with van der Waals surface area (Å²) in [6, 6.07) is 6.34. The normalized spacial score (nSPS) is 9.85. The molecule has 2 rings (SSSR count). The third-order valence-corrected chi connectivity index (χ3v) is 2.54. The van der Waals surface area contributed by atoms with Crippen molar-refractivity contribution < 1.29 is 9.66 Å². The van der Waals surface area contributed by atoms with Crippen molar-refractivity contribution in [2.24, 2.45) is 0 Å². The molecular weight excluding hydrogens is 260 g/mol. The summed E-state index contributed by atoms with van der Waals surface area (Å²) in [5.74, 6) is 0.0793. The highest BCUT2D eigenvalue weighted by molar-refractivity contribution is 5.54. The summed E-state index contributed by atoms with van der Waals surface area (Å²) in [6.45, 7) is 3.46. The van der Waals surface area contributed by atoms with Crippen molar-refractivity contribution in [3.05, 3.63) is 51.3 Å². The highest BCUT2D eigenvalue weighted by Gasteiger charge is 2.20. The highest BCUT2D eigenvalue weighted by Crippen LogP contribution is 2.34. The van der Waals surface area contributed by atoms with E-state index in [2.05, 4.69) is 9.97 Å². The molecule has 0 aliphatic rings. The van der Waals surface area contributed by atoms with Crippen molar-refractivity contribution in [3.63, 3.8) is 0 Å². The number of hydrogen-bond donors (Lipinski definition) is 0. The number of nitriles is 1. The van der Waals surface area contributed by atoms with Gasteiger partial charge in [0.1, 0.15) is 11.8 Å². The second-order valence-electron chi connectivity index (χ2n) is 4.13. The lowest BCUT2D eigenvalue weighted by molar-refractivity contribution is -0.385. The molecule has 0 saturated heterocycles. The zero-order chi connectivity index (χ0) is 14.7. The highest BCUT2D eigenvalue weighted by atomic mass is 16.6. The predicted octanol–water partition coefficient (Wildman–Crippen LogP) is 2.67. The summed E-state index contributed by atoms with van der Waals surface area (Å²) in [6.07, 6.45) is 1.36. The summed E-state index contributed by atoms with van der Waals surface area (Å²) < 4.78 is 5.38. The fourth-order valence-electron chi connectivity index (χ4n) is 1.74. The van der Waals surface area contributed by atoms with Gasteiger partial charge in [0.15, 0.2) is 0 Å². The van der Waals surface area contributed by atoms with Gasteiger partial charge in [-0.1, -0.05) is 6.07 Å². The third kappa shape index (κ3) is 2.70. The van der Waals surface area contributed by atoms with Gasteiger partial charge in [0.05, 0.1) is 4.92 Å². The van der Waals surface area contributed by atoms with Gasteiger partial charge in [-0.05, 0) is 31.0 Å². The molecule has 20 heavy (non-hydrogen) atoms. The Morgan fingerprint density at radius 1 is 1.40 bits per heavy atom. The molecule has 0 spiro atoms. The molecule has 7 nitrogen and oxygen atoms in total. The van der Waals surface area contributed by atoms with Crippen LogP contribution in [0.5, 0.6) is 11.8 Å². The van der Waals surface area contributed by atoms with E-state index in [0.29, 0.717) is 5.56 Å². The monoisotopic (exact) mass is 270 g/mol. The number of rotatable bonds is 3. The summed E-state index contributed by atoms with van der Waals surface area (Å²) in [4.78, 5) is 18.2. The lowest BCUT2D eigenvalue weighted by atomic mass is 10.1. The van der Waals surface area contributed by atoms with Crippen LogP contribution in [0.15, 0.2) is 24.4 Å². The molecule has 1 aromatic heterocycles. The minimum atomic E-state index is -0.524. The van der Waals surface area contributed by atoms with Crippen LogP contribution in [0.25, 0.3) is 0 Å². The first-order valence-electron chi connectivity index (χ1n) is 5.68. The average molecular weight is 270 g/mol. The van der Waals surface area contributed by atoms with Crippen molar-refractivity contribution >= 4 is 5.69 Å². The minimum absolute atomic E-state index is 0.0793. The first-order valence-corrected chi connectivity index (χ1v) is 5.68. The fourth-order valence-corrected chi connectivity index (χ4v) is 1.74. The van der Waals surface area contributed by atoms with Gasteiger partial charge in [-0.3, -0.25) is 10.1 Å². The quantitative estimate of drug-likeness (QED) is 0.627. The molecule has 0 N–H and O–H groups in total. The Hall–Kier alpha value is -3.01. The zero-order valence-corrected chi connectivity index (χ0v) is 10.8. The largest absolute Gasteiger partial charge is 0.417 e. The maximum atomic E-state index is 11.1. The first kappa shape index (κ1) is 13.4. The number of nitro groups is 1. The summed E-state index contributed by atoms with van der Waals surface area (Å²) in [7, 11) is 0. The predicted molar refractivity (Wildman–Crippen MR) is 69.4 cm³/mol. The van der Waals surface area contributed by atoms with Crippen LogP contribution in [-0.4, -0.2) is 14.9 Å². The van der Waals surface area contributed by atoms with Gasteiger partial charge < -0.3 is 4.74 Å². The number of nitro benzene ring substituents is 1. The van der Waals surface area contributed by atoms with Crippen molar-refractivity contribution in [2.75, 3.05) is 0 Å². The molecule has 0 radical (unpaired) electrons. The molecular formula is C13H10N4O3. The lowest BCUT2D eigenvalue weighted by Crippen LogP contribution is -1.99. The Balaban J connectivity index is 2.48. The third-order valence-electron chi connectivity index (χ3n) is 2.54. The van der Waals surface area contributed by atoms with E-state index in [4.69, 9.17) is 10.00 Å². The number of ether oxygens (including phenoxy) is 1. The minimum Gasteiger partial charge on any atom is -0.417 e. The van der Waals surface area contributed by atoms with Crippen LogP contribution >= 0.6 is 0 Å². The molecule has 0 saturated carbocycles. The summed E-state index contributed by atoms with van der Waals surface area (Å²) in [5.41, 5.74) is 1.33. The van der Waals surface area contributed by atoms with Crippen LogP contribution in [0.3, 0.4) is 0 Å². The number of hydrogen-bond acceptors (Lipinski definition) is 6. The van der Waals surface area contributed by atoms with Crippen molar-refractivity contribution in [3.8, 4) is 17.8 Å². The number of benzene rings is 1. The molecule has 0 atom stereocenters. The van der Waals surface area contributed by atoms with Crippen LogP contribution in [0.2, 0.25) is 0 Å².